The van der Waals surface area contributed by atoms with Gasteiger partial charge in [-0.3, -0.25) is 9.59 Å². The first-order valence-corrected chi connectivity index (χ1v) is 9.94. The third kappa shape index (κ3) is 3.79. The van der Waals surface area contributed by atoms with Gasteiger partial charge >= 0.3 is 0 Å². The lowest BCUT2D eigenvalue weighted by molar-refractivity contribution is -0.131. The maximum Gasteiger partial charge on any atom is 0.223 e. The number of piperidine rings is 1. The quantitative estimate of drug-likeness (QED) is 0.884. The summed E-state index contributed by atoms with van der Waals surface area (Å²) in [6.45, 7) is 1.00. The Hall–Kier alpha value is -2.69. The van der Waals surface area contributed by atoms with Crippen molar-refractivity contribution in [2.75, 3.05) is 13.1 Å². The number of hydrogen-bond acceptors (Lipinski definition) is 2. The molecule has 146 valence electrons. The number of halogens is 1. The molecule has 0 bridgehead atoms. The van der Waals surface area contributed by atoms with Crippen molar-refractivity contribution in [2.45, 2.75) is 43.6 Å². The summed E-state index contributed by atoms with van der Waals surface area (Å²) in [5.74, 6) is -0.273. The predicted octanol–water partition coefficient (Wildman–Crippen LogP) is 3.42. The molecule has 2 saturated heterocycles. The number of rotatable bonds is 4. The van der Waals surface area contributed by atoms with E-state index in [4.69, 9.17) is 0 Å². The van der Waals surface area contributed by atoms with E-state index in [0.29, 0.717) is 32.4 Å². The molecule has 2 aromatic carbocycles. The molecule has 2 fully saturated rings. The van der Waals surface area contributed by atoms with Crippen molar-refractivity contribution < 1.29 is 14.0 Å². The molecular weight excluding hydrogens is 355 g/mol. The zero-order valence-corrected chi connectivity index (χ0v) is 15.9. The van der Waals surface area contributed by atoms with Crippen molar-refractivity contribution in [1.82, 2.24) is 10.2 Å². The normalized spacial score (nSPS) is 24.4. The summed E-state index contributed by atoms with van der Waals surface area (Å²) >= 11 is 0. The van der Waals surface area contributed by atoms with Gasteiger partial charge in [0.2, 0.25) is 11.8 Å². The molecule has 0 aliphatic carbocycles. The molecule has 28 heavy (non-hydrogen) atoms. The van der Waals surface area contributed by atoms with E-state index in [1.165, 1.54) is 12.1 Å². The van der Waals surface area contributed by atoms with Gasteiger partial charge in [-0.25, -0.2) is 4.39 Å². The molecule has 0 saturated carbocycles. The highest BCUT2D eigenvalue weighted by molar-refractivity contribution is 5.80. The lowest BCUT2D eigenvalue weighted by atomic mass is 9.76. The molecule has 2 heterocycles. The molecule has 4 rings (SSSR count). The average molecular weight is 380 g/mol. The number of aryl methyl sites for hydroxylation is 1. The molecule has 0 aromatic heterocycles. The molecule has 1 spiro atoms. The summed E-state index contributed by atoms with van der Waals surface area (Å²) in [4.78, 5) is 26.9. The number of likely N-dealkylation sites (tertiary alicyclic amines) is 1. The lowest BCUT2D eigenvalue weighted by Gasteiger charge is -2.39. The number of benzene rings is 2. The van der Waals surface area contributed by atoms with Crippen LogP contribution in [-0.4, -0.2) is 35.3 Å². The van der Waals surface area contributed by atoms with Crippen molar-refractivity contribution >= 4 is 11.8 Å². The van der Waals surface area contributed by atoms with E-state index < -0.39 is 5.54 Å². The van der Waals surface area contributed by atoms with Gasteiger partial charge in [-0.15, -0.1) is 0 Å². The van der Waals surface area contributed by atoms with Crippen LogP contribution in [0.15, 0.2) is 54.6 Å². The van der Waals surface area contributed by atoms with Gasteiger partial charge in [-0.1, -0.05) is 42.5 Å². The largest absolute Gasteiger partial charge is 0.348 e. The fraction of sp³-hybridized carbons (Fsp3) is 0.391. The number of hydrogen-bond donors (Lipinski definition) is 1. The molecule has 2 atom stereocenters. The summed E-state index contributed by atoms with van der Waals surface area (Å²) in [7, 11) is 0. The summed E-state index contributed by atoms with van der Waals surface area (Å²) in [6, 6.07) is 16.5. The molecule has 4 nitrogen and oxygen atoms in total. The molecule has 1 N–H and O–H groups in total. The van der Waals surface area contributed by atoms with Crippen LogP contribution < -0.4 is 5.32 Å². The van der Waals surface area contributed by atoms with Crippen molar-refractivity contribution in [3.05, 3.63) is 71.5 Å². The Morgan fingerprint density at radius 2 is 2.00 bits per heavy atom. The summed E-state index contributed by atoms with van der Waals surface area (Å²) < 4.78 is 13.8. The second kappa shape index (κ2) is 7.74. The smallest absolute Gasteiger partial charge is 0.223 e. The summed E-state index contributed by atoms with van der Waals surface area (Å²) in [6.07, 6.45) is 3.25. The van der Waals surface area contributed by atoms with Crippen molar-refractivity contribution in [1.29, 1.82) is 0 Å². The second-order valence-electron chi connectivity index (χ2n) is 7.93. The monoisotopic (exact) mass is 380 g/mol. The van der Waals surface area contributed by atoms with Gasteiger partial charge in [-0.2, -0.15) is 0 Å². The van der Waals surface area contributed by atoms with Gasteiger partial charge in [0.1, 0.15) is 5.82 Å². The van der Waals surface area contributed by atoms with Crippen molar-refractivity contribution in [3.63, 3.8) is 0 Å². The van der Waals surface area contributed by atoms with Gasteiger partial charge < -0.3 is 10.2 Å². The highest BCUT2D eigenvalue weighted by Gasteiger charge is 2.50. The Morgan fingerprint density at radius 3 is 2.75 bits per heavy atom. The minimum atomic E-state index is -0.495. The molecule has 2 amide bonds. The van der Waals surface area contributed by atoms with Crippen LogP contribution in [0.25, 0.3) is 0 Å². The van der Waals surface area contributed by atoms with E-state index in [2.05, 4.69) is 5.32 Å². The molecule has 2 aliphatic rings. The van der Waals surface area contributed by atoms with Crippen LogP contribution in [-0.2, 0) is 16.0 Å². The van der Waals surface area contributed by atoms with Crippen LogP contribution in [0.4, 0.5) is 4.39 Å². The van der Waals surface area contributed by atoms with Gasteiger partial charge in [0, 0.05) is 31.8 Å². The third-order valence-electron chi connectivity index (χ3n) is 6.03. The third-order valence-corrected chi connectivity index (χ3v) is 6.03. The Kier molecular flexibility index (Phi) is 5.16. The fourth-order valence-corrected chi connectivity index (χ4v) is 4.65. The Bertz CT molecular complexity index is 870. The van der Waals surface area contributed by atoms with Crippen LogP contribution in [0, 0.1) is 5.82 Å². The molecule has 0 radical (unpaired) electrons. The topological polar surface area (TPSA) is 49.4 Å². The fourth-order valence-electron chi connectivity index (χ4n) is 4.65. The molecule has 0 unspecified atom stereocenters. The zero-order chi connectivity index (χ0) is 19.6. The van der Waals surface area contributed by atoms with E-state index in [0.717, 1.165) is 24.0 Å². The van der Waals surface area contributed by atoms with E-state index in [1.807, 2.05) is 41.3 Å². The molecule has 2 aliphatic heterocycles. The Labute approximate surface area is 164 Å². The van der Waals surface area contributed by atoms with E-state index in [1.54, 1.807) is 6.07 Å². The first kappa shape index (κ1) is 18.7. The average Bonchev–Trinajstić information content (AvgIpc) is 3.05. The summed E-state index contributed by atoms with van der Waals surface area (Å²) in [5.41, 5.74) is 1.49. The van der Waals surface area contributed by atoms with Gasteiger partial charge in [0.15, 0.2) is 0 Å². The zero-order valence-electron chi connectivity index (χ0n) is 15.9. The second-order valence-corrected chi connectivity index (χ2v) is 7.93. The lowest BCUT2D eigenvalue weighted by Crippen LogP contribution is -2.56. The minimum absolute atomic E-state index is 0.0197. The number of nitrogens with zero attached hydrogens (tertiary/aromatic N) is 1. The van der Waals surface area contributed by atoms with Crippen LogP contribution in [0.2, 0.25) is 0 Å². The molecule has 2 aromatic rings. The van der Waals surface area contributed by atoms with Gasteiger partial charge in [-0.05, 0) is 42.5 Å². The maximum atomic E-state index is 13.8. The van der Waals surface area contributed by atoms with Gasteiger partial charge in [0.05, 0.1) is 5.54 Å². The first-order chi connectivity index (χ1) is 13.6. The maximum absolute atomic E-state index is 13.8. The Balaban J connectivity index is 1.54. The van der Waals surface area contributed by atoms with Crippen LogP contribution in [0.3, 0.4) is 0 Å². The number of carbonyl (C=O) groups is 2. The number of amides is 2. The first-order valence-electron chi connectivity index (χ1n) is 9.94. The van der Waals surface area contributed by atoms with Crippen molar-refractivity contribution in [3.8, 4) is 0 Å². The minimum Gasteiger partial charge on any atom is -0.348 e. The van der Waals surface area contributed by atoms with E-state index in [9.17, 15) is 14.0 Å². The molecular formula is C23H25FN2O2. The van der Waals surface area contributed by atoms with Crippen LogP contribution in [0.5, 0.6) is 0 Å². The summed E-state index contributed by atoms with van der Waals surface area (Å²) in [5, 5.41) is 3.16. The Morgan fingerprint density at radius 1 is 1.18 bits per heavy atom. The highest BCUT2D eigenvalue weighted by Crippen LogP contribution is 2.41. The molecule has 5 heteroatoms. The standard InChI is InChI=1S/C23H25FN2O2/c24-19-9-4-8-18(14-19)20-15-26(16-23(20)13-5-10-21(27)25-23)22(28)12-11-17-6-2-1-3-7-17/h1-4,6-9,14,20H,5,10-13,15-16H2,(H,25,27)/t20-,23+/m0/s1. The van der Waals surface area contributed by atoms with Gasteiger partial charge in [0.25, 0.3) is 0 Å². The number of nitrogens with one attached hydrogen (secondary N) is 1. The highest BCUT2D eigenvalue weighted by atomic mass is 19.1. The van der Waals surface area contributed by atoms with E-state index in [-0.39, 0.29) is 23.5 Å². The van der Waals surface area contributed by atoms with E-state index >= 15 is 0 Å². The van der Waals surface area contributed by atoms with Crippen LogP contribution >= 0.6 is 0 Å². The number of carbonyl (C=O) groups excluding carboxylic acids is 2. The van der Waals surface area contributed by atoms with Crippen molar-refractivity contribution in [2.24, 2.45) is 0 Å². The SMILES string of the molecule is O=C1CCC[C@]2(CN(C(=O)CCc3ccccc3)C[C@H]2c2cccc(F)c2)N1. The predicted molar refractivity (Wildman–Crippen MR) is 105 cm³/mol. The van der Waals surface area contributed by atoms with Crippen LogP contribution in [0.1, 0.15) is 42.7 Å².